The number of anilines is 1. The summed E-state index contributed by atoms with van der Waals surface area (Å²) in [5.74, 6) is -0.0454. The molecular formula is C15H20FN3O2. The summed E-state index contributed by atoms with van der Waals surface area (Å²) in [4.78, 5) is 16.1. The van der Waals surface area contributed by atoms with Crippen molar-refractivity contribution in [2.45, 2.75) is 32.8 Å². The van der Waals surface area contributed by atoms with E-state index in [1.807, 2.05) is 13.8 Å². The van der Waals surface area contributed by atoms with Gasteiger partial charge in [0, 0.05) is 26.1 Å². The van der Waals surface area contributed by atoms with Crippen LogP contribution in [-0.4, -0.2) is 28.2 Å². The van der Waals surface area contributed by atoms with Crippen molar-refractivity contribution < 1.29 is 13.9 Å². The van der Waals surface area contributed by atoms with E-state index in [2.05, 4.69) is 10.3 Å². The van der Waals surface area contributed by atoms with Crippen LogP contribution in [0.15, 0.2) is 18.2 Å². The molecule has 1 N–H and O–H groups in total. The Morgan fingerprint density at radius 2 is 2.24 bits per heavy atom. The number of nitrogens with zero attached hydrogens (tertiary/aromatic N) is 2. The van der Waals surface area contributed by atoms with Crippen molar-refractivity contribution in [3.05, 3.63) is 24.0 Å². The number of amides is 1. The average molecular weight is 293 g/mol. The molecule has 1 aromatic heterocycles. The van der Waals surface area contributed by atoms with Gasteiger partial charge in [-0.3, -0.25) is 10.1 Å². The van der Waals surface area contributed by atoms with Crippen molar-refractivity contribution in [2.24, 2.45) is 7.05 Å². The maximum Gasteiger partial charge on any atom is 0.226 e. The van der Waals surface area contributed by atoms with Crippen LogP contribution in [0.3, 0.4) is 0 Å². The number of nitrogens with one attached hydrogen (secondary N) is 1. The third kappa shape index (κ3) is 4.01. The molecule has 21 heavy (non-hydrogen) atoms. The Hall–Kier alpha value is -1.95. The molecule has 0 atom stereocenters. The Morgan fingerprint density at radius 1 is 1.48 bits per heavy atom. The molecule has 5 nitrogen and oxygen atoms in total. The normalized spacial score (nSPS) is 11.3. The van der Waals surface area contributed by atoms with Crippen molar-refractivity contribution in [1.82, 2.24) is 9.55 Å². The van der Waals surface area contributed by atoms with Crippen molar-refractivity contribution in [1.29, 1.82) is 0 Å². The lowest BCUT2D eigenvalue weighted by molar-refractivity contribution is -0.116. The molecule has 6 heteroatoms. The van der Waals surface area contributed by atoms with Crippen LogP contribution in [0.1, 0.15) is 26.7 Å². The SMILES string of the molecule is CC(C)OCCCC(=O)Nc1nc2cc(F)ccc2n1C. The zero-order chi connectivity index (χ0) is 15.4. The fourth-order valence-electron chi connectivity index (χ4n) is 2.02. The Kier molecular flexibility index (Phi) is 4.90. The Balaban J connectivity index is 1.96. The van der Waals surface area contributed by atoms with Gasteiger partial charge in [-0.15, -0.1) is 0 Å². The number of carbonyl (C=O) groups is 1. The van der Waals surface area contributed by atoms with Crippen molar-refractivity contribution in [3.8, 4) is 0 Å². The molecule has 2 rings (SSSR count). The lowest BCUT2D eigenvalue weighted by Crippen LogP contribution is -2.15. The van der Waals surface area contributed by atoms with Gasteiger partial charge in [0.25, 0.3) is 0 Å². The summed E-state index contributed by atoms with van der Waals surface area (Å²) in [6.07, 6.45) is 1.19. The fourth-order valence-corrected chi connectivity index (χ4v) is 2.02. The maximum absolute atomic E-state index is 13.2. The van der Waals surface area contributed by atoms with Crippen LogP contribution in [0.25, 0.3) is 11.0 Å². The summed E-state index contributed by atoms with van der Waals surface area (Å²) in [5.41, 5.74) is 1.30. The zero-order valence-corrected chi connectivity index (χ0v) is 12.5. The molecular weight excluding hydrogens is 273 g/mol. The summed E-state index contributed by atoms with van der Waals surface area (Å²) in [6, 6.07) is 4.37. The van der Waals surface area contributed by atoms with Gasteiger partial charge in [0.2, 0.25) is 11.9 Å². The molecule has 2 aromatic rings. The van der Waals surface area contributed by atoms with Gasteiger partial charge in [-0.05, 0) is 32.4 Å². The predicted octanol–water partition coefficient (Wildman–Crippen LogP) is 2.86. The monoisotopic (exact) mass is 293 g/mol. The second kappa shape index (κ2) is 6.67. The topological polar surface area (TPSA) is 56.1 Å². The Labute approximate surface area is 123 Å². The van der Waals surface area contributed by atoms with E-state index in [0.717, 1.165) is 5.52 Å². The molecule has 0 bridgehead atoms. The quantitative estimate of drug-likeness (QED) is 0.833. The highest BCUT2D eigenvalue weighted by Crippen LogP contribution is 2.19. The summed E-state index contributed by atoms with van der Waals surface area (Å²) >= 11 is 0. The third-order valence-electron chi connectivity index (χ3n) is 3.09. The number of imidazole rings is 1. The molecule has 1 heterocycles. The molecule has 0 aliphatic heterocycles. The van der Waals surface area contributed by atoms with E-state index in [9.17, 15) is 9.18 Å². The number of halogens is 1. The molecule has 0 unspecified atom stereocenters. The van der Waals surface area contributed by atoms with Gasteiger partial charge in [-0.2, -0.15) is 0 Å². The number of carbonyl (C=O) groups excluding carboxylic acids is 1. The first-order valence-corrected chi connectivity index (χ1v) is 7.01. The van der Waals surface area contributed by atoms with Crippen molar-refractivity contribution in [3.63, 3.8) is 0 Å². The fraction of sp³-hybridized carbons (Fsp3) is 0.467. The molecule has 1 aromatic carbocycles. The summed E-state index contributed by atoms with van der Waals surface area (Å²) in [5, 5.41) is 2.74. The molecule has 0 spiro atoms. The summed E-state index contributed by atoms with van der Waals surface area (Å²) in [7, 11) is 1.78. The van der Waals surface area contributed by atoms with Gasteiger partial charge in [-0.25, -0.2) is 9.37 Å². The van der Waals surface area contributed by atoms with Gasteiger partial charge >= 0.3 is 0 Å². The third-order valence-corrected chi connectivity index (χ3v) is 3.09. The molecule has 0 aliphatic rings. The maximum atomic E-state index is 13.2. The lowest BCUT2D eigenvalue weighted by Gasteiger charge is -2.07. The van der Waals surface area contributed by atoms with Gasteiger partial charge in [-0.1, -0.05) is 0 Å². The standard InChI is InChI=1S/C15H20FN3O2/c1-10(2)21-8-4-5-14(20)18-15-17-12-9-11(16)6-7-13(12)19(15)3/h6-7,9-10H,4-5,8H2,1-3H3,(H,17,18,20). The average Bonchev–Trinajstić information content (AvgIpc) is 2.70. The van der Waals surface area contributed by atoms with E-state index < -0.39 is 0 Å². The minimum absolute atomic E-state index is 0.124. The molecule has 0 radical (unpaired) electrons. The first-order chi connectivity index (χ1) is 9.97. The highest BCUT2D eigenvalue weighted by Gasteiger charge is 2.11. The number of ether oxygens (including phenoxy) is 1. The molecule has 0 fully saturated rings. The number of aromatic nitrogens is 2. The van der Waals surface area contributed by atoms with Crippen LogP contribution in [-0.2, 0) is 16.6 Å². The molecule has 0 saturated heterocycles. The van der Waals surface area contributed by atoms with Crippen LogP contribution >= 0.6 is 0 Å². The minimum atomic E-state index is -0.343. The first-order valence-electron chi connectivity index (χ1n) is 7.01. The summed E-state index contributed by atoms with van der Waals surface area (Å²) in [6.45, 7) is 4.47. The van der Waals surface area contributed by atoms with Gasteiger partial charge < -0.3 is 9.30 Å². The van der Waals surface area contributed by atoms with E-state index in [1.54, 1.807) is 17.7 Å². The lowest BCUT2D eigenvalue weighted by atomic mass is 10.3. The van der Waals surface area contributed by atoms with E-state index in [4.69, 9.17) is 4.74 Å². The number of hydrogen-bond acceptors (Lipinski definition) is 3. The number of aryl methyl sites for hydroxylation is 1. The van der Waals surface area contributed by atoms with Crippen LogP contribution < -0.4 is 5.32 Å². The van der Waals surface area contributed by atoms with Crippen molar-refractivity contribution >= 4 is 22.9 Å². The second-order valence-electron chi connectivity index (χ2n) is 5.20. The Bertz CT molecular complexity index is 637. The van der Waals surface area contributed by atoms with Crippen LogP contribution in [0, 0.1) is 5.82 Å². The summed E-state index contributed by atoms with van der Waals surface area (Å²) < 4.78 is 20.3. The zero-order valence-electron chi connectivity index (χ0n) is 12.5. The molecule has 114 valence electrons. The van der Waals surface area contributed by atoms with E-state index in [1.165, 1.54) is 12.1 Å². The van der Waals surface area contributed by atoms with Crippen LogP contribution in [0.5, 0.6) is 0 Å². The number of benzene rings is 1. The highest BCUT2D eigenvalue weighted by molar-refractivity contribution is 5.91. The second-order valence-corrected chi connectivity index (χ2v) is 5.20. The number of rotatable bonds is 6. The molecule has 0 saturated carbocycles. The van der Waals surface area contributed by atoms with Gasteiger partial charge in [0.05, 0.1) is 17.1 Å². The highest BCUT2D eigenvalue weighted by atomic mass is 19.1. The number of hydrogen-bond donors (Lipinski definition) is 1. The largest absolute Gasteiger partial charge is 0.379 e. The molecule has 0 aliphatic carbocycles. The number of fused-ring (bicyclic) bond motifs is 1. The van der Waals surface area contributed by atoms with Crippen LogP contribution in [0.2, 0.25) is 0 Å². The first kappa shape index (κ1) is 15.4. The van der Waals surface area contributed by atoms with E-state index in [0.29, 0.717) is 30.9 Å². The predicted molar refractivity (Wildman–Crippen MR) is 79.6 cm³/mol. The van der Waals surface area contributed by atoms with Gasteiger partial charge in [0.15, 0.2) is 0 Å². The van der Waals surface area contributed by atoms with Gasteiger partial charge in [0.1, 0.15) is 5.82 Å². The molecule has 1 amide bonds. The Morgan fingerprint density at radius 3 is 2.95 bits per heavy atom. The van der Waals surface area contributed by atoms with Crippen LogP contribution in [0.4, 0.5) is 10.3 Å². The smallest absolute Gasteiger partial charge is 0.226 e. The van der Waals surface area contributed by atoms with E-state index in [-0.39, 0.29) is 17.8 Å². The minimum Gasteiger partial charge on any atom is -0.379 e. The van der Waals surface area contributed by atoms with Crippen molar-refractivity contribution in [2.75, 3.05) is 11.9 Å². The van der Waals surface area contributed by atoms with E-state index >= 15 is 0 Å².